The summed E-state index contributed by atoms with van der Waals surface area (Å²) in [5.41, 5.74) is 0.305. The molecule has 3 N–H and O–H groups in total. The molecule has 2 unspecified atom stereocenters. The van der Waals surface area contributed by atoms with E-state index >= 15 is 0 Å². The molecule has 3 heterocycles. The molecular formula is C30H44N2O6. The van der Waals surface area contributed by atoms with Crippen molar-refractivity contribution in [2.75, 3.05) is 0 Å². The summed E-state index contributed by atoms with van der Waals surface area (Å²) < 4.78 is 11.5. The maximum absolute atomic E-state index is 13.8. The summed E-state index contributed by atoms with van der Waals surface area (Å²) in [6.07, 6.45) is 8.30. The molecule has 1 aromatic rings. The van der Waals surface area contributed by atoms with Gasteiger partial charge in [-0.05, 0) is 63.5 Å². The van der Waals surface area contributed by atoms with Gasteiger partial charge in [-0.25, -0.2) is 4.98 Å². The molecule has 8 heteroatoms. The fourth-order valence-corrected chi connectivity index (χ4v) is 6.38. The highest BCUT2D eigenvalue weighted by atomic mass is 16.6. The number of nitrogens with one attached hydrogen (secondary N) is 1. The van der Waals surface area contributed by atoms with E-state index in [9.17, 15) is 19.8 Å². The van der Waals surface area contributed by atoms with Crippen LogP contribution in [-0.2, 0) is 14.3 Å². The number of aliphatic hydroxyl groups excluding tert-OH is 2. The molecule has 1 spiro atoms. The van der Waals surface area contributed by atoms with Crippen molar-refractivity contribution in [1.29, 1.82) is 0 Å². The molecule has 1 aromatic heterocycles. The van der Waals surface area contributed by atoms with Gasteiger partial charge in [0.05, 0.1) is 41.8 Å². The van der Waals surface area contributed by atoms with Crippen LogP contribution in [0.4, 0.5) is 0 Å². The first-order chi connectivity index (χ1) is 18.0. The second-order valence-corrected chi connectivity index (χ2v) is 12.0. The van der Waals surface area contributed by atoms with Gasteiger partial charge in [-0.15, -0.1) is 6.58 Å². The number of fused-ring (bicyclic) bond motifs is 1. The topological polar surface area (TPSA) is 125 Å². The first-order valence-corrected chi connectivity index (χ1v) is 14.1. The molecular weight excluding hydrogens is 484 g/mol. The Morgan fingerprint density at radius 3 is 2.61 bits per heavy atom. The SMILES string of the molecule is C=CC[C@H]1C(=O)C2(CCC2)[C@@H](O)CC(=O)N[C@H](C(C)=Cc2coc(C)n2)CC2OC2(C)CCC[C@H](C)[C@H]1O. The fraction of sp³-hybridized carbons (Fsp3) is 0.700. The first-order valence-electron chi connectivity index (χ1n) is 14.1. The molecule has 4 rings (SSSR count). The molecule has 38 heavy (non-hydrogen) atoms. The number of nitrogens with zero attached hydrogens (tertiary/aromatic N) is 1. The number of carbonyl (C=O) groups excluding carboxylic acids is 2. The number of rotatable bonds is 4. The van der Waals surface area contributed by atoms with E-state index in [1.54, 1.807) is 19.3 Å². The Bertz CT molecular complexity index is 1060. The number of ether oxygens (including phenoxy) is 1. The van der Waals surface area contributed by atoms with E-state index in [0.29, 0.717) is 37.3 Å². The average Bonchev–Trinajstić information content (AvgIpc) is 3.26. The summed E-state index contributed by atoms with van der Waals surface area (Å²) in [6, 6.07) is -0.311. The lowest BCUT2D eigenvalue weighted by atomic mass is 9.58. The Morgan fingerprint density at radius 1 is 1.26 bits per heavy atom. The van der Waals surface area contributed by atoms with Gasteiger partial charge in [0.1, 0.15) is 17.7 Å². The summed E-state index contributed by atoms with van der Waals surface area (Å²) in [6.45, 7) is 11.6. The summed E-state index contributed by atoms with van der Waals surface area (Å²) in [7, 11) is 0. The van der Waals surface area contributed by atoms with Crippen LogP contribution in [0.2, 0.25) is 0 Å². The van der Waals surface area contributed by atoms with E-state index < -0.39 is 23.5 Å². The predicted molar refractivity (Wildman–Crippen MR) is 144 cm³/mol. The maximum atomic E-state index is 13.8. The smallest absolute Gasteiger partial charge is 0.223 e. The summed E-state index contributed by atoms with van der Waals surface area (Å²) in [5.74, 6) is -0.607. The second-order valence-electron chi connectivity index (χ2n) is 12.0. The Kier molecular flexibility index (Phi) is 8.65. The Balaban J connectivity index is 1.60. The first kappa shape index (κ1) is 28.7. The molecule has 0 radical (unpaired) electrons. The summed E-state index contributed by atoms with van der Waals surface area (Å²) >= 11 is 0. The molecule has 0 aromatic carbocycles. The number of carbonyl (C=O) groups is 2. The number of ketones is 1. The van der Waals surface area contributed by atoms with Gasteiger partial charge < -0.3 is 24.7 Å². The molecule has 3 aliphatic rings. The minimum Gasteiger partial charge on any atom is -0.449 e. The zero-order valence-electron chi connectivity index (χ0n) is 23.2. The lowest BCUT2D eigenvalue weighted by Gasteiger charge is -2.46. The third-order valence-corrected chi connectivity index (χ3v) is 9.22. The number of Topliss-reactive ketones (excluding diaryl/α,β-unsaturated/α-hetero) is 1. The molecule has 1 amide bonds. The van der Waals surface area contributed by atoms with Crippen molar-refractivity contribution in [3.8, 4) is 0 Å². The molecule has 0 bridgehead atoms. The molecule has 7 atom stereocenters. The van der Waals surface area contributed by atoms with Crippen molar-refractivity contribution in [3.63, 3.8) is 0 Å². The third kappa shape index (κ3) is 5.97. The molecule has 1 aliphatic carbocycles. The van der Waals surface area contributed by atoms with Crippen molar-refractivity contribution < 1.29 is 29.0 Å². The maximum Gasteiger partial charge on any atom is 0.223 e. The minimum absolute atomic E-state index is 0.0127. The number of oxazole rings is 1. The number of hydrogen-bond donors (Lipinski definition) is 3. The highest BCUT2D eigenvalue weighted by molar-refractivity contribution is 5.90. The lowest BCUT2D eigenvalue weighted by molar-refractivity contribution is -0.155. The zero-order valence-corrected chi connectivity index (χ0v) is 23.2. The molecule has 3 fully saturated rings. The molecule has 2 aliphatic heterocycles. The van der Waals surface area contributed by atoms with E-state index in [-0.39, 0.29) is 41.8 Å². The van der Waals surface area contributed by atoms with E-state index in [0.717, 1.165) is 31.3 Å². The Hall–Kier alpha value is -2.29. The zero-order chi connectivity index (χ0) is 27.7. The molecule has 210 valence electrons. The van der Waals surface area contributed by atoms with Gasteiger partial charge in [0.2, 0.25) is 5.91 Å². The van der Waals surface area contributed by atoms with Gasteiger partial charge in [-0.1, -0.05) is 25.8 Å². The van der Waals surface area contributed by atoms with Crippen LogP contribution >= 0.6 is 0 Å². The van der Waals surface area contributed by atoms with Crippen LogP contribution in [0.25, 0.3) is 6.08 Å². The largest absolute Gasteiger partial charge is 0.449 e. The van der Waals surface area contributed by atoms with Crippen LogP contribution in [0, 0.1) is 24.2 Å². The normalized spacial score (nSPS) is 36.7. The van der Waals surface area contributed by atoms with Crippen molar-refractivity contribution >= 4 is 17.8 Å². The summed E-state index contributed by atoms with van der Waals surface area (Å²) in [4.78, 5) is 31.5. The van der Waals surface area contributed by atoms with Gasteiger partial charge >= 0.3 is 0 Å². The van der Waals surface area contributed by atoms with Crippen LogP contribution in [0.1, 0.15) is 90.1 Å². The van der Waals surface area contributed by atoms with Crippen molar-refractivity contribution in [2.24, 2.45) is 17.3 Å². The van der Waals surface area contributed by atoms with Crippen LogP contribution in [-0.4, -0.2) is 56.8 Å². The lowest BCUT2D eigenvalue weighted by Crippen LogP contribution is -2.54. The van der Waals surface area contributed by atoms with Gasteiger partial charge in [-0.3, -0.25) is 9.59 Å². The fourth-order valence-electron chi connectivity index (χ4n) is 6.38. The van der Waals surface area contributed by atoms with E-state index in [1.165, 1.54) is 0 Å². The Morgan fingerprint density at radius 2 is 2.00 bits per heavy atom. The standard InChI is InChI=1S/C30H44N2O6/c1-6-9-22-27(35)18(2)10-7-11-29(5)25(38-29)15-23(19(3)14-21-17-37-20(4)31-21)32-26(34)16-24(33)30(28(22)36)12-8-13-30/h6,14,17-18,22-25,27,33,35H,1,7-13,15-16H2,2-5H3,(H,32,34)/t18-,22+,23-,24-,25?,27+,29?/m0/s1. The summed E-state index contributed by atoms with van der Waals surface area (Å²) in [5, 5.41) is 25.6. The number of aryl methyl sites for hydroxylation is 1. The number of hydrogen-bond acceptors (Lipinski definition) is 7. The van der Waals surface area contributed by atoms with Crippen LogP contribution < -0.4 is 5.32 Å². The van der Waals surface area contributed by atoms with Crippen molar-refractivity contribution in [2.45, 2.75) is 115 Å². The molecule has 2 saturated heterocycles. The van der Waals surface area contributed by atoms with Gasteiger partial charge in [-0.2, -0.15) is 0 Å². The number of aromatic nitrogens is 1. The Labute approximate surface area is 225 Å². The highest BCUT2D eigenvalue weighted by Gasteiger charge is 2.54. The average molecular weight is 529 g/mol. The van der Waals surface area contributed by atoms with Crippen molar-refractivity contribution in [3.05, 3.63) is 36.1 Å². The van der Waals surface area contributed by atoms with Gasteiger partial charge in [0.25, 0.3) is 0 Å². The monoisotopic (exact) mass is 528 g/mol. The number of aliphatic hydroxyl groups is 2. The minimum atomic E-state index is -1.11. The van der Waals surface area contributed by atoms with E-state index in [4.69, 9.17) is 9.15 Å². The van der Waals surface area contributed by atoms with Crippen molar-refractivity contribution in [1.82, 2.24) is 10.3 Å². The third-order valence-electron chi connectivity index (χ3n) is 9.22. The van der Waals surface area contributed by atoms with Crippen LogP contribution in [0.5, 0.6) is 0 Å². The van der Waals surface area contributed by atoms with Crippen LogP contribution in [0.15, 0.2) is 28.9 Å². The second kappa shape index (κ2) is 11.4. The molecule has 8 nitrogen and oxygen atoms in total. The highest BCUT2D eigenvalue weighted by Crippen LogP contribution is 2.49. The quantitative estimate of drug-likeness (QED) is 0.393. The van der Waals surface area contributed by atoms with Gasteiger partial charge in [0, 0.05) is 19.3 Å². The number of amides is 1. The number of allylic oxidation sites excluding steroid dienone is 1. The van der Waals surface area contributed by atoms with Gasteiger partial charge in [0.15, 0.2) is 5.89 Å². The van der Waals surface area contributed by atoms with E-state index in [2.05, 4.69) is 23.8 Å². The van der Waals surface area contributed by atoms with E-state index in [1.807, 2.05) is 19.9 Å². The van der Waals surface area contributed by atoms with Crippen LogP contribution in [0.3, 0.4) is 0 Å². The molecule has 1 saturated carbocycles. The number of epoxide rings is 1. The predicted octanol–water partition coefficient (Wildman–Crippen LogP) is 4.28.